The molecule has 1 aliphatic heterocycles. The number of carboxylic acid groups (broad SMARTS) is 1. The molecule has 0 aromatic carbocycles. The molecule has 0 amide bonds. The molecule has 2 rings (SSSR count). The average Bonchev–Trinajstić information content (AvgIpc) is 2.66. The van der Waals surface area contributed by atoms with E-state index in [1.54, 1.807) is 0 Å². The van der Waals surface area contributed by atoms with Gasteiger partial charge in [0.25, 0.3) is 5.56 Å². The Balaban J connectivity index is 2.46. The molecule has 1 fully saturated rings. The molecule has 4 atom stereocenters. The summed E-state index contributed by atoms with van der Waals surface area (Å²) in [6, 6.07) is 0.665. The number of aliphatic hydroxyl groups excluding tert-OH is 3. The highest BCUT2D eigenvalue weighted by Gasteiger charge is 2.43. The second-order valence-corrected chi connectivity index (χ2v) is 4.35. The predicted octanol–water partition coefficient (Wildman–Crippen LogP) is -2.14. The van der Waals surface area contributed by atoms with Crippen LogP contribution in [0.15, 0.2) is 17.1 Å². The van der Waals surface area contributed by atoms with Gasteiger partial charge in [-0.2, -0.15) is 0 Å². The Morgan fingerprint density at radius 1 is 1.35 bits per heavy atom. The maximum atomic E-state index is 11.7. The highest BCUT2D eigenvalue weighted by Crippen LogP contribution is 2.29. The Labute approximate surface area is 111 Å². The van der Waals surface area contributed by atoms with Gasteiger partial charge in [0.1, 0.15) is 29.6 Å². The number of pyridine rings is 1. The molecular formula is C11H13NO8. The van der Waals surface area contributed by atoms with Crippen LogP contribution in [0.4, 0.5) is 0 Å². The Bertz CT molecular complexity index is 582. The number of nitrogens with zero attached hydrogens (tertiary/aromatic N) is 1. The topological polar surface area (TPSA) is 149 Å². The van der Waals surface area contributed by atoms with E-state index in [-0.39, 0.29) is 0 Å². The molecule has 0 aliphatic carbocycles. The standard InChI is InChI=1S/C11H13NO8/c13-3-6-8(16)9(17)10(20-6)12-2-4(11(18)19)5(14)1-7(12)15/h1-2,6,8-10,13-14,16-17H,3H2,(H,18,19)/t6-,8-,9-,10-/m1/s1. The molecule has 0 radical (unpaired) electrons. The molecule has 1 aromatic rings. The minimum Gasteiger partial charge on any atom is -0.507 e. The van der Waals surface area contributed by atoms with Gasteiger partial charge in [-0.3, -0.25) is 9.36 Å². The fourth-order valence-electron chi connectivity index (χ4n) is 2.01. The maximum Gasteiger partial charge on any atom is 0.340 e. The van der Waals surface area contributed by atoms with Gasteiger partial charge in [-0.15, -0.1) is 0 Å². The number of rotatable bonds is 3. The smallest absolute Gasteiger partial charge is 0.340 e. The van der Waals surface area contributed by atoms with Crippen molar-refractivity contribution in [1.82, 2.24) is 4.57 Å². The van der Waals surface area contributed by atoms with Crippen LogP contribution in [-0.2, 0) is 4.74 Å². The maximum absolute atomic E-state index is 11.7. The van der Waals surface area contributed by atoms with Crippen LogP contribution >= 0.6 is 0 Å². The molecule has 9 nitrogen and oxygen atoms in total. The summed E-state index contributed by atoms with van der Waals surface area (Å²) < 4.78 is 5.86. The molecule has 1 aromatic heterocycles. The van der Waals surface area contributed by atoms with Crippen molar-refractivity contribution in [3.8, 4) is 5.75 Å². The minimum absolute atomic E-state index is 0.553. The summed E-state index contributed by atoms with van der Waals surface area (Å²) in [7, 11) is 0. The number of aromatic hydroxyl groups is 1. The van der Waals surface area contributed by atoms with E-state index in [2.05, 4.69) is 0 Å². The van der Waals surface area contributed by atoms with Gasteiger partial charge >= 0.3 is 5.97 Å². The molecule has 0 saturated carbocycles. The quantitative estimate of drug-likeness (QED) is 0.423. The number of aromatic carboxylic acids is 1. The van der Waals surface area contributed by atoms with Crippen molar-refractivity contribution >= 4 is 5.97 Å². The Hall–Kier alpha value is -1.94. The zero-order valence-corrected chi connectivity index (χ0v) is 10.1. The molecule has 2 heterocycles. The lowest BCUT2D eigenvalue weighted by Crippen LogP contribution is -2.35. The first-order valence-electron chi connectivity index (χ1n) is 5.67. The number of carbonyl (C=O) groups is 1. The third-order valence-electron chi connectivity index (χ3n) is 3.08. The van der Waals surface area contributed by atoms with E-state index in [1.165, 1.54) is 0 Å². The largest absolute Gasteiger partial charge is 0.507 e. The van der Waals surface area contributed by atoms with Gasteiger partial charge in [-0.05, 0) is 0 Å². The summed E-state index contributed by atoms with van der Waals surface area (Å²) in [5.41, 5.74) is -1.37. The first-order valence-corrected chi connectivity index (χ1v) is 5.67. The fraction of sp³-hybridized carbons (Fsp3) is 0.455. The van der Waals surface area contributed by atoms with Gasteiger partial charge in [0, 0.05) is 12.3 Å². The zero-order chi connectivity index (χ0) is 15.0. The van der Waals surface area contributed by atoms with Crippen LogP contribution in [0.1, 0.15) is 16.6 Å². The van der Waals surface area contributed by atoms with E-state index in [4.69, 9.17) is 14.9 Å². The molecule has 20 heavy (non-hydrogen) atoms. The van der Waals surface area contributed by atoms with Crippen LogP contribution in [-0.4, -0.2) is 61.0 Å². The van der Waals surface area contributed by atoms with Crippen LogP contribution in [0.3, 0.4) is 0 Å². The molecule has 1 aliphatic rings. The molecule has 0 spiro atoms. The first kappa shape index (κ1) is 14.5. The van der Waals surface area contributed by atoms with Gasteiger partial charge in [-0.25, -0.2) is 4.79 Å². The second-order valence-electron chi connectivity index (χ2n) is 4.35. The van der Waals surface area contributed by atoms with E-state index >= 15 is 0 Å². The first-order chi connectivity index (χ1) is 9.36. The van der Waals surface area contributed by atoms with Crippen molar-refractivity contribution < 1.29 is 35.1 Å². The van der Waals surface area contributed by atoms with E-state index < -0.39 is 54.0 Å². The molecule has 9 heteroatoms. The molecular weight excluding hydrogens is 274 g/mol. The van der Waals surface area contributed by atoms with Gasteiger partial charge in [-0.1, -0.05) is 0 Å². The van der Waals surface area contributed by atoms with E-state index in [1.807, 2.05) is 0 Å². The third kappa shape index (κ3) is 2.27. The van der Waals surface area contributed by atoms with E-state index in [9.17, 15) is 24.9 Å². The molecule has 0 bridgehead atoms. The number of aromatic nitrogens is 1. The summed E-state index contributed by atoms with van der Waals surface area (Å²) in [5.74, 6) is -2.19. The number of carboxylic acids is 1. The van der Waals surface area contributed by atoms with Crippen molar-refractivity contribution in [1.29, 1.82) is 0 Å². The van der Waals surface area contributed by atoms with Crippen molar-refractivity contribution in [2.24, 2.45) is 0 Å². The summed E-state index contributed by atoms with van der Waals surface area (Å²) in [4.78, 5) is 22.6. The third-order valence-corrected chi connectivity index (χ3v) is 3.08. The van der Waals surface area contributed by atoms with Crippen molar-refractivity contribution in [3.63, 3.8) is 0 Å². The highest BCUT2D eigenvalue weighted by atomic mass is 16.6. The van der Waals surface area contributed by atoms with E-state index in [0.29, 0.717) is 6.07 Å². The Kier molecular flexibility index (Phi) is 3.77. The van der Waals surface area contributed by atoms with Crippen LogP contribution in [0.2, 0.25) is 0 Å². The molecule has 0 unspecified atom stereocenters. The van der Waals surface area contributed by atoms with Crippen LogP contribution < -0.4 is 5.56 Å². The summed E-state index contributed by atoms with van der Waals surface area (Å²) >= 11 is 0. The highest BCUT2D eigenvalue weighted by molar-refractivity contribution is 5.90. The summed E-state index contributed by atoms with van der Waals surface area (Å²) in [6.07, 6.45) is -4.58. The average molecular weight is 287 g/mol. The Morgan fingerprint density at radius 2 is 2.00 bits per heavy atom. The van der Waals surface area contributed by atoms with Gasteiger partial charge < -0.3 is 30.3 Å². The van der Waals surface area contributed by atoms with Crippen molar-refractivity contribution in [3.05, 3.63) is 28.2 Å². The van der Waals surface area contributed by atoms with Gasteiger partial charge in [0.15, 0.2) is 6.23 Å². The molecule has 1 saturated heterocycles. The minimum atomic E-state index is -1.52. The monoisotopic (exact) mass is 287 g/mol. The lowest BCUT2D eigenvalue weighted by Gasteiger charge is -2.18. The second kappa shape index (κ2) is 5.21. The summed E-state index contributed by atoms with van der Waals surface area (Å²) in [6.45, 7) is -0.576. The number of aliphatic hydroxyl groups is 3. The number of ether oxygens (including phenoxy) is 1. The lowest BCUT2D eigenvalue weighted by molar-refractivity contribution is -0.0545. The number of hydrogen-bond donors (Lipinski definition) is 5. The SMILES string of the molecule is O=C(O)c1cn([C@@H]2O[C@H](CO)[C@@H](O)[C@H]2O)c(=O)cc1O. The van der Waals surface area contributed by atoms with Gasteiger partial charge in [0.05, 0.1) is 6.61 Å². The van der Waals surface area contributed by atoms with Crippen LogP contribution in [0, 0.1) is 0 Å². The normalized spacial score (nSPS) is 29.6. The van der Waals surface area contributed by atoms with Gasteiger partial charge in [0.2, 0.25) is 0 Å². The summed E-state index contributed by atoms with van der Waals surface area (Å²) in [5, 5.41) is 46.6. The fourth-order valence-corrected chi connectivity index (χ4v) is 2.01. The van der Waals surface area contributed by atoms with Crippen molar-refractivity contribution in [2.75, 3.05) is 6.61 Å². The Morgan fingerprint density at radius 3 is 2.50 bits per heavy atom. The predicted molar refractivity (Wildman–Crippen MR) is 62.3 cm³/mol. The van der Waals surface area contributed by atoms with Crippen molar-refractivity contribution in [2.45, 2.75) is 24.5 Å². The van der Waals surface area contributed by atoms with Crippen LogP contribution in [0.25, 0.3) is 0 Å². The van der Waals surface area contributed by atoms with Crippen LogP contribution in [0.5, 0.6) is 5.75 Å². The number of hydrogen-bond acceptors (Lipinski definition) is 7. The lowest BCUT2D eigenvalue weighted by atomic mass is 10.1. The molecule has 5 N–H and O–H groups in total. The molecule has 110 valence electrons. The zero-order valence-electron chi connectivity index (χ0n) is 10.1. The van der Waals surface area contributed by atoms with E-state index in [0.717, 1.165) is 10.8 Å².